The quantitative estimate of drug-likeness (QED) is 0.452. The fraction of sp³-hybridized carbons (Fsp3) is 0. The predicted octanol–water partition coefficient (Wildman–Crippen LogP) is 3.77. The second kappa shape index (κ2) is 5.47. The number of nitrogens with one attached hydrogen (secondary N) is 2. The molecule has 0 unspecified atom stereocenters. The number of anilines is 1. The molecule has 3 nitrogen and oxygen atoms in total. The van der Waals surface area contributed by atoms with Gasteiger partial charge in [0.05, 0.1) is 5.69 Å². The second-order valence-electron chi connectivity index (χ2n) is 3.37. The molecule has 0 aromatic heterocycles. The van der Waals surface area contributed by atoms with Crippen LogP contribution in [0.3, 0.4) is 0 Å². The van der Waals surface area contributed by atoms with Crippen LogP contribution in [0.1, 0.15) is 5.56 Å². The zero-order chi connectivity index (χ0) is 11.9. The van der Waals surface area contributed by atoms with Gasteiger partial charge in [-0.1, -0.05) is 30.3 Å². The minimum absolute atomic E-state index is 0.579. The predicted molar refractivity (Wildman–Crippen MR) is 68.2 cm³/mol. The summed E-state index contributed by atoms with van der Waals surface area (Å²) in [5, 5.41) is 6.35. The average molecular weight is 221 g/mol. The highest BCUT2D eigenvalue weighted by Crippen LogP contribution is 2.22. The average Bonchev–Trinajstić information content (AvgIpc) is 2.40. The third-order valence-electron chi connectivity index (χ3n) is 2.20. The highest BCUT2D eigenvalue weighted by Gasteiger charge is 1.96. The van der Waals surface area contributed by atoms with Crippen molar-refractivity contribution >= 4 is 11.4 Å². The molecule has 0 aliphatic rings. The second-order valence-corrected chi connectivity index (χ2v) is 3.37. The molecular formula is C14H11N3. The van der Waals surface area contributed by atoms with Crippen molar-refractivity contribution in [3.8, 4) is 12.0 Å². The largest absolute Gasteiger partial charge is 0.313 e. The van der Waals surface area contributed by atoms with Gasteiger partial charge in [-0.25, -0.2) is 5.53 Å². The lowest BCUT2D eigenvalue weighted by Crippen LogP contribution is -1.88. The van der Waals surface area contributed by atoms with Crippen molar-refractivity contribution in [2.24, 2.45) is 5.11 Å². The molecule has 2 rings (SSSR count). The lowest BCUT2D eigenvalue weighted by Gasteiger charge is -2.00. The van der Waals surface area contributed by atoms with Gasteiger partial charge >= 0.3 is 0 Å². The summed E-state index contributed by atoms with van der Waals surface area (Å²) in [6.45, 7) is 0. The zero-order valence-corrected chi connectivity index (χ0v) is 9.14. The van der Waals surface area contributed by atoms with E-state index in [4.69, 9.17) is 5.53 Å². The first-order chi connectivity index (χ1) is 8.40. The van der Waals surface area contributed by atoms with Crippen LogP contribution in [0.15, 0.2) is 59.7 Å². The van der Waals surface area contributed by atoms with Gasteiger partial charge in [0, 0.05) is 11.6 Å². The van der Waals surface area contributed by atoms with E-state index in [0.29, 0.717) is 5.69 Å². The highest BCUT2D eigenvalue weighted by atomic mass is 15.0. The molecule has 0 spiro atoms. The Morgan fingerprint density at radius 2 is 1.65 bits per heavy atom. The normalized spacial score (nSPS) is 8.94. The van der Waals surface area contributed by atoms with Crippen LogP contribution < -0.4 is 5.32 Å². The van der Waals surface area contributed by atoms with Gasteiger partial charge < -0.3 is 5.32 Å². The standard InChI is InChI=1S/C14H11N3/c15-17-14-9-5-4-8-13(14)16-11-10-12-6-2-1-3-7-12/h1-9,15-16H. The van der Waals surface area contributed by atoms with Crippen LogP contribution in [0, 0.1) is 17.5 Å². The van der Waals surface area contributed by atoms with Crippen molar-refractivity contribution in [2.75, 3.05) is 5.32 Å². The van der Waals surface area contributed by atoms with E-state index in [-0.39, 0.29) is 0 Å². The van der Waals surface area contributed by atoms with Gasteiger partial charge in [0.1, 0.15) is 5.69 Å². The van der Waals surface area contributed by atoms with Crippen LogP contribution in [0.25, 0.3) is 0 Å². The maximum atomic E-state index is 7.02. The van der Waals surface area contributed by atoms with E-state index >= 15 is 0 Å². The van der Waals surface area contributed by atoms with Crippen LogP contribution in [0.5, 0.6) is 0 Å². The summed E-state index contributed by atoms with van der Waals surface area (Å²) in [4.78, 5) is 0. The molecule has 0 fully saturated rings. The van der Waals surface area contributed by atoms with Crippen LogP contribution in [0.2, 0.25) is 0 Å². The number of para-hydroxylation sites is 2. The molecule has 0 aliphatic heterocycles. The minimum atomic E-state index is 0.579. The van der Waals surface area contributed by atoms with Crippen LogP contribution >= 0.6 is 0 Å². The summed E-state index contributed by atoms with van der Waals surface area (Å²) in [5.41, 5.74) is 9.29. The fourth-order valence-corrected chi connectivity index (χ4v) is 1.37. The van der Waals surface area contributed by atoms with Crippen LogP contribution in [0.4, 0.5) is 11.4 Å². The first-order valence-corrected chi connectivity index (χ1v) is 5.19. The van der Waals surface area contributed by atoms with E-state index in [2.05, 4.69) is 22.4 Å². The number of nitrogens with zero attached hydrogens (tertiary/aromatic N) is 1. The van der Waals surface area contributed by atoms with Crippen LogP contribution in [-0.2, 0) is 0 Å². The molecule has 0 saturated carbocycles. The molecule has 2 aromatic carbocycles. The van der Waals surface area contributed by atoms with E-state index in [1.807, 2.05) is 48.5 Å². The Morgan fingerprint density at radius 1 is 0.941 bits per heavy atom. The lowest BCUT2D eigenvalue weighted by molar-refractivity contribution is 1.15. The van der Waals surface area contributed by atoms with Gasteiger partial charge in [0.25, 0.3) is 0 Å². The van der Waals surface area contributed by atoms with Crippen molar-refractivity contribution in [1.82, 2.24) is 0 Å². The van der Waals surface area contributed by atoms with E-state index in [9.17, 15) is 0 Å². The van der Waals surface area contributed by atoms with Gasteiger partial charge in [-0.15, -0.1) is 0 Å². The number of rotatable bonds is 2. The maximum absolute atomic E-state index is 7.02. The lowest BCUT2D eigenvalue weighted by atomic mass is 10.2. The highest BCUT2D eigenvalue weighted by molar-refractivity contribution is 5.67. The molecule has 0 amide bonds. The van der Waals surface area contributed by atoms with Crippen molar-refractivity contribution in [3.63, 3.8) is 0 Å². The Hall–Kier alpha value is -2.60. The number of hydrogen-bond donors (Lipinski definition) is 2. The Morgan fingerprint density at radius 3 is 2.41 bits per heavy atom. The Balaban J connectivity index is 2.13. The first-order valence-electron chi connectivity index (χ1n) is 5.19. The molecule has 0 saturated heterocycles. The van der Waals surface area contributed by atoms with Gasteiger partial charge in [0.15, 0.2) is 0 Å². The number of hydrogen-bond acceptors (Lipinski definition) is 3. The summed E-state index contributed by atoms with van der Waals surface area (Å²) < 4.78 is 0. The van der Waals surface area contributed by atoms with E-state index in [1.54, 1.807) is 6.07 Å². The van der Waals surface area contributed by atoms with Crippen molar-refractivity contribution in [1.29, 1.82) is 5.53 Å². The minimum Gasteiger partial charge on any atom is -0.313 e. The SMILES string of the molecule is N=Nc1ccccc1NC#Cc1ccccc1. The van der Waals surface area contributed by atoms with Crippen molar-refractivity contribution < 1.29 is 0 Å². The van der Waals surface area contributed by atoms with E-state index in [0.717, 1.165) is 11.3 Å². The van der Waals surface area contributed by atoms with Gasteiger partial charge in [0.2, 0.25) is 0 Å². The summed E-state index contributed by atoms with van der Waals surface area (Å²) in [7, 11) is 0. The number of benzene rings is 2. The Bertz CT molecular complexity index is 565. The molecule has 2 N–H and O–H groups in total. The van der Waals surface area contributed by atoms with Crippen molar-refractivity contribution in [3.05, 3.63) is 60.2 Å². The smallest absolute Gasteiger partial charge is 0.109 e. The molecule has 2 aromatic rings. The van der Waals surface area contributed by atoms with E-state index < -0.39 is 0 Å². The molecule has 0 atom stereocenters. The molecule has 0 aliphatic carbocycles. The Kier molecular flexibility index (Phi) is 3.51. The molecule has 0 bridgehead atoms. The third kappa shape index (κ3) is 2.93. The molecule has 17 heavy (non-hydrogen) atoms. The van der Waals surface area contributed by atoms with E-state index in [1.165, 1.54) is 0 Å². The summed E-state index contributed by atoms with van der Waals surface area (Å²) in [6, 6.07) is 19.9. The molecular weight excluding hydrogens is 210 g/mol. The zero-order valence-electron chi connectivity index (χ0n) is 9.14. The summed E-state index contributed by atoms with van der Waals surface area (Å²) in [6.07, 6.45) is 0. The Labute approximate surface area is 100 Å². The summed E-state index contributed by atoms with van der Waals surface area (Å²) >= 11 is 0. The van der Waals surface area contributed by atoms with Crippen molar-refractivity contribution in [2.45, 2.75) is 0 Å². The van der Waals surface area contributed by atoms with Gasteiger partial charge in [-0.3, -0.25) is 0 Å². The molecule has 82 valence electrons. The topological polar surface area (TPSA) is 48.2 Å². The monoisotopic (exact) mass is 221 g/mol. The van der Waals surface area contributed by atoms with Crippen LogP contribution in [-0.4, -0.2) is 0 Å². The molecule has 3 heteroatoms. The third-order valence-corrected chi connectivity index (χ3v) is 2.20. The molecule has 0 radical (unpaired) electrons. The maximum Gasteiger partial charge on any atom is 0.109 e. The summed E-state index contributed by atoms with van der Waals surface area (Å²) in [5.74, 6) is 2.98. The van der Waals surface area contributed by atoms with Gasteiger partial charge in [-0.05, 0) is 30.2 Å². The first kappa shape index (κ1) is 10.9. The van der Waals surface area contributed by atoms with Gasteiger partial charge in [-0.2, -0.15) is 5.11 Å². The fourth-order valence-electron chi connectivity index (χ4n) is 1.37. The molecule has 0 heterocycles.